The highest BCUT2D eigenvalue weighted by atomic mass is 16.5. The van der Waals surface area contributed by atoms with Crippen LogP contribution in [0.2, 0.25) is 0 Å². The fourth-order valence-electron chi connectivity index (χ4n) is 4.23. The lowest BCUT2D eigenvalue weighted by Gasteiger charge is -2.29. The van der Waals surface area contributed by atoms with Crippen molar-refractivity contribution in [2.75, 3.05) is 26.7 Å². The summed E-state index contributed by atoms with van der Waals surface area (Å²) in [5.41, 5.74) is 3.31. The highest BCUT2D eigenvalue weighted by Crippen LogP contribution is 2.31. The van der Waals surface area contributed by atoms with E-state index in [0.29, 0.717) is 25.3 Å². The third kappa shape index (κ3) is 5.37. The van der Waals surface area contributed by atoms with Gasteiger partial charge in [0.2, 0.25) is 5.91 Å². The first-order chi connectivity index (χ1) is 15.6. The second-order valence-electron chi connectivity index (χ2n) is 8.29. The molecule has 6 heteroatoms. The van der Waals surface area contributed by atoms with Gasteiger partial charge in [-0.2, -0.15) is 0 Å². The van der Waals surface area contributed by atoms with E-state index in [1.54, 1.807) is 13.3 Å². The number of nitrogens with zero attached hydrogens (tertiary/aromatic N) is 2. The molecule has 1 aliphatic rings. The smallest absolute Gasteiger partial charge is 0.220 e. The second kappa shape index (κ2) is 10.5. The van der Waals surface area contributed by atoms with Crippen LogP contribution in [0.4, 0.5) is 0 Å². The number of nitrogens with one attached hydrogen (secondary N) is 1. The molecule has 0 bridgehead atoms. The van der Waals surface area contributed by atoms with Crippen molar-refractivity contribution in [2.24, 2.45) is 0 Å². The Morgan fingerprint density at radius 2 is 1.91 bits per heavy atom. The molecule has 1 N–H and O–H groups in total. The zero-order chi connectivity index (χ0) is 22.3. The molecule has 1 aromatic heterocycles. The zero-order valence-electron chi connectivity index (χ0n) is 18.8. The molecule has 2 heterocycles. The van der Waals surface area contributed by atoms with Gasteiger partial charge in [0, 0.05) is 30.5 Å². The number of likely N-dealkylation sites (tertiary alicyclic amines) is 1. The van der Waals surface area contributed by atoms with Gasteiger partial charge in [-0.25, -0.2) is 4.98 Å². The number of hydrogen-bond donors (Lipinski definition) is 1. The number of hydrogen-bond acceptors (Lipinski definition) is 5. The van der Waals surface area contributed by atoms with E-state index < -0.39 is 0 Å². The summed E-state index contributed by atoms with van der Waals surface area (Å²) in [6.07, 6.45) is 4.91. The third-order valence-corrected chi connectivity index (χ3v) is 6.03. The number of ether oxygens (including phenoxy) is 1. The number of carbonyl (C=O) groups excluding carboxylic acids is 1. The Hall–Kier alpha value is -3.12. The van der Waals surface area contributed by atoms with Gasteiger partial charge in [-0.05, 0) is 38.9 Å². The lowest BCUT2D eigenvalue weighted by molar-refractivity contribution is -0.121. The number of amides is 1. The van der Waals surface area contributed by atoms with E-state index in [1.165, 1.54) is 18.4 Å². The van der Waals surface area contributed by atoms with Gasteiger partial charge < -0.3 is 14.5 Å². The molecule has 0 spiro atoms. The lowest BCUT2D eigenvalue weighted by atomic mass is 10.0. The van der Waals surface area contributed by atoms with Gasteiger partial charge in [-0.1, -0.05) is 48.0 Å². The van der Waals surface area contributed by atoms with E-state index >= 15 is 0 Å². The standard InChI is InChI=1S/C26H31N3O3/c1-19-9-11-20(12-10-19)24-18-28-26(32-24)14-13-25(30)27-17-22(29-15-5-6-16-29)21-7-3-4-8-23(21)31-2/h3-4,7-12,18,22H,5-6,13-17H2,1-2H3,(H,27,30). The monoisotopic (exact) mass is 433 g/mol. The Morgan fingerprint density at radius 3 is 2.66 bits per heavy atom. The molecule has 1 fully saturated rings. The summed E-state index contributed by atoms with van der Waals surface area (Å²) in [4.78, 5) is 19.4. The lowest BCUT2D eigenvalue weighted by Crippen LogP contribution is -2.37. The normalized spacial score (nSPS) is 14.9. The molecule has 3 aromatic rings. The maximum absolute atomic E-state index is 12.6. The van der Waals surface area contributed by atoms with Crippen molar-refractivity contribution in [2.45, 2.75) is 38.6 Å². The molecule has 1 amide bonds. The van der Waals surface area contributed by atoms with Crippen LogP contribution in [0, 0.1) is 6.92 Å². The van der Waals surface area contributed by atoms with E-state index in [4.69, 9.17) is 9.15 Å². The molecule has 6 nitrogen and oxygen atoms in total. The van der Waals surface area contributed by atoms with Crippen LogP contribution in [-0.2, 0) is 11.2 Å². The molecular formula is C26H31N3O3. The van der Waals surface area contributed by atoms with Crippen LogP contribution in [-0.4, -0.2) is 42.5 Å². The van der Waals surface area contributed by atoms with Crippen LogP contribution in [0.1, 0.15) is 42.3 Å². The Kier molecular flexibility index (Phi) is 7.22. The quantitative estimate of drug-likeness (QED) is 0.536. The summed E-state index contributed by atoms with van der Waals surface area (Å²) in [6, 6.07) is 16.3. The molecule has 168 valence electrons. The van der Waals surface area contributed by atoms with Gasteiger partial charge in [-0.15, -0.1) is 0 Å². The largest absolute Gasteiger partial charge is 0.496 e. The second-order valence-corrected chi connectivity index (χ2v) is 8.29. The number of aryl methyl sites for hydroxylation is 2. The fourth-order valence-corrected chi connectivity index (χ4v) is 4.23. The summed E-state index contributed by atoms with van der Waals surface area (Å²) in [6.45, 7) is 4.68. The zero-order valence-corrected chi connectivity index (χ0v) is 18.8. The third-order valence-electron chi connectivity index (χ3n) is 6.03. The molecular weight excluding hydrogens is 402 g/mol. The summed E-state index contributed by atoms with van der Waals surface area (Å²) in [7, 11) is 1.69. The van der Waals surface area contributed by atoms with E-state index in [2.05, 4.69) is 28.2 Å². The van der Waals surface area contributed by atoms with E-state index in [0.717, 1.165) is 35.7 Å². The van der Waals surface area contributed by atoms with E-state index in [1.807, 2.05) is 42.5 Å². The van der Waals surface area contributed by atoms with Crippen molar-refractivity contribution in [3.8, 4) is 17.1 Å². The maximum Gasteiger partial charge on any atom is 0.220 e. The van der Waals surface area contributed by atoms with Gasteiger partial charge in [0.05, 0.1) is 19.3 Å². The van der Waals surface area contributed by atoms with Crippen molar-refractivity contribution in [1.82, 2.24) is 15.2 Å². The number of rotatable bonds is 9. The van der Waals surface area contributed by atoms with Crippen LogP contribution in [0.15, 0.2) is 59.1 Å². The Labute approximate surface area is 189 Å². The first kappa shape index (κ1) is 22.1. The molecule has 1 atom stereocenters. The summed E-state index contributed by atoms with van der Waals surface area (Å²) in [5.74, 6) is 2.17. The number of aromatic nitrogens is 1. The van der Waals surface area contributed by atoms with Crippen molar-refractivity contribution >= 4 is 5.91 Å². The van der Waals surface area contributed by atoms with Crippen molar-refractivity contribution in [3.63, 3.8) is 0 Å². The number of para-hydroxylation sites is 1. The number of oxazole rings is 1. The van der Waals surface area contributed by atoms with Gasteiger partial charge in [0.25, 0.3) is 0 Å². The van der Waals surface area contributed by atoms with Gasteiger partial charge >= 0.3 is 0 Å². The number of carbonyl (C=O) groups is 1. The number of benzene rings is 2. The van der Waals surface area contributed by atoms with Crippen LogP contribution in [0.25, 0.3) is 11.3 Å². The van der Waals surface area contributed by atoms with Crippen molar-refractivity contribution in [1.29, 1.82) is 0 Å². The molecule has 2 aromatic carbocycles. The first-order valence-corrected chi connectivity index (χ1v) is 11.3. The van der Waals surface area contributed by atoms with Gasteiger partial charge in [-0.3, -0.25) is 9.69 Å². The molecule has 0 radical (unpaired) electrons. The summed E-state index contributed by atoms with van der Waals surface area (Å²) < 4.78 is 11.4. The van der Waals surface area contributed by atoms with Crippen LogP contribution in [0.3, 0.4) is 0 Å². The molecule has 4 rings (SSSR count). The molecule has 32 heavy (non-hydrogen) atoms. The molecule has 0 aliphatic carbocycles. The number of methoxy groups -OCH3 is 1. The summed E-state index contributed by atoms with van der Waals surface area (Å²) in [5, 5.41) is 3.12. The first-order valence-electron chi connectivity index (χ1n) is 11.3. The average Bonchev–Trinajstić information content (AvgIpc) is 3.51. The Bertz CT molecular complexity index is 1020. The van der Waals surface area contributed by atoms with E-state index in [-0.39, 0.29) is 11.9 Å². The Morgan fingerprint density at radius 1 is 1.16 bits per heavy atom. The minimum atomic E-state index is -0.000759. The van der Waals surface area contributed by atoms with Crippen LogP contribution in [0.5, 0.6) is 5.75 Å². The SMILES string of the molecule is COc1ccccc1C(CNC(=O)CCc1ncc(-c2ccc(C)cc2)o1)N1CCCC1. The van der Waals surface area contributed by atoms with E-state index in [9.17, 15) is 4.79 Å². The van der Waals surface area contributed by atoms with Crippen molar-refractivity contribution < 1.29 is 13.9 Å². The van der Waals surface area contributed by atoms with Gasteiger partial charge in [0.1, 0.15) is 5.75 Å². The van der Waals surface area contributed by atoms with Crippen LogP contribution >= 0.6 is 0 Å². The molecule has 1 aliphatic heterocycles. The fraction of sp³-hybridized carbons (Fsp3) is 0.385. The summed E-state index contributed by atoms with van der Waals surface area (Å²) >= 11 is 0. The predicted octanol–water partition coefficient (Wildman–Crippen LogP) is 4.54. The predicted molar refractivity (Wildman–Crippen MR) is 125 cm³/mol. The highest BCUT2D eigenvalue weighted by molar-refractivity contribution is 5.76. The highest BCUT2D eigenvalue weighted by Gasteiger charge is 2.26. The topological polar surface area (TPSA) is 67.6 Å². The molecule has 1 saturated heterocycles. The maximum atomic E-state index is 12.6. The average molecular weight is 434 g/mol. The van der Waals surface area contributed by atoms with Gasteiger partial charge in [0.15, 0.2) is 11.7 Å². The van der Waals surface area contributed by atoms with Crippen molar-refractivity contribution in [3.05, 3.63) is 71.7 Å². The van der Waals surface area contributed by atoms with Crippen LogP contribution < -0.4 is 10.1 Å². The minimum absolute atomic E-state index is 0.000759. The molecule has 1 unspecified atom stereocenters. The Balaban J connectivity index is 1.34. The minimum Gasteiger partial charge on any atom is -0.496 e. The molecule has 0 saturated carbocycles.